The number of benzene rings is 2. The van der Waals surface area contributed by atoms with Crippen molar-refractivity contribution < 1.29 is 0 Å². The molecular weight excluding hydrogens is 288 g/mol. The molecule has 0 spiro atoms. The third-order valence-electron chi connectivity index (χ3n) is 5.92. The van der Waals surface area contributed by atoms with Crippen LogP contribution in [0.5, 0.6) is 0 Å². The Labute approximate surface area is 148 Å². The van der Waals surface area contributed by atoms with E-state index in [1.54, 1.807) is 0 Å². The minimum atomic E-state index is 0.216. The van der Waals surface area contributed by atoms with Crippen molar-refractivity contribution in [2.24, 2.45) is 0 Å². The van der Waals surface area contributed by atoms with Gasteiger partial charge in [-0.15, -0.1) is 0 Å². The Kier molecular flexibility index (Phi) is 5.13. The molecule has 2 aromatic rings. The first-order valence-corrected chi connectivity index (χ1v) is 9.74. The number of hydrogen-bond donors (Lipinski definition) is 0. The molecule has 1 aliphatic carbocycles. The van der Waals surface area contributed by atoms with Crippen LogP contribution in [0.15, 0.2) is 48.5 Å². The van der Waals surface area contributed by atoms with Gasteiger partial charge in [-0.1, -0.05) is 95.5 Å². The van der Waals surface area contributed by atoms with Crippen molar-refractivity contribution in [1.82, 2.24) is 0 Å². The lowest BCUT2D eigenvalue weighted by molar-refractivity contribution is 0.345. The fourth-order valence-electron chi connectivity index (χ4n) is 4.29. The lowest BCUT2D eigenvalue weighted by atomic mass is 9.64. The van der Waals surface area contributed by atoms with Gasteiger partial charge < -0.3 is 0 Å². The van der Waals surface area contributed by atoms with Crippen LogP contribution in [-0.4, -0.2) is 0 Å². The van der Waals surface area contributed by atoms with Crippen LogP contribution in [0, 0.1) is 0 Å². The van der Waals surface area contributed by atoms with Crippen molar-refractivity contribution >= 4 is 0 Å². The second-order valence-electron chi connectivity index (χ2n) is 8.20. The summed E-state index contributed by atoms with van der Waals surface area (Å²) < 4.78 is 0. The molecule has 0 atom stereocenters. The highest BCUT2D eigenvalue weighted by Gasteiger charge is 2.36. The zero-order chi connectivity index (χ0) is 17.2. The second kappa shape index (κ2) is 7.13. The molecule has 24 heavy (non-hydrogen) atoms. The zero-order valence-corrected chi connectivity index (χ0v) is 15.8. The van der Waals surface area contributed by atoms with Gasteiger partial charge in [-0.05, 0) is 46.9 Å². The monoisotopic (exact) mass is 320 g/mol. The average Bonchev–Trinajstić information content (AvgIpc) is 2.62. The topological polar surface area (TPSA) is 0 Å². The van der Waals surface area contributed by atoms with Crippen molar-refractivity contribution in [3.63, 3.8) is 0 Å². The quantitative estimate of drug-likeness (QED) is 0.559. The average molecular weight is 321 g/mol. The third-order valence-corrected chi connectivity index (χ3v) is 5.92. The van der Waals surface area contributed by atoms with E-state index < -0.39 is 0 Å². The molecule has 1 aliphatic rings. The summed E-state index contributed by atoms with van der Waals surface area (Å²) in [6.07, 6.45) is 6.65. The summed E-state index contributed by atoms with van der Waals surface area (Å²) in [5, 5.41) is 0. The number of hydrogen-bond acceptors (Lipinski definition) is 0. The molecule has 0 amide bonds. The standard InChI is InChI=1S/C24H32/c1-18(2)20-10-8-12-22(16-20)24(14-6-5-7-15-24)23-13-9-11-21(17-23)19(3)4/h8-13,16-19H,5-7,14-15H2,1-4H3. The van der Waals surface area contributed by atoms with Gasteiger partial charge in [0.1, 0.15) is 0 Å². The smallest absolute Gasteiger partial charge is 0.0203 e. The summed E-state index contributed by atoms with van der Waals surface area (Å²) in [5.74, 6) is 1.18. The predicted molar refractivity (Wildman–Crippen MR) is 105 cm³/mol. The van der Waals surface area contributed by atoms with Crippen LogP contribution in [-0.2, 0) is 5.41 Å². The summed E-state index contributed by atoms with van der Waals surface area (Å²) in [6, 6.07) is 18.8. The van der Waals surface area contributed by atoms with Crippen LogP contribution in [0.25, 0.3) is 0 Å². The molecule has 0 radical (unpaired) electrons. The van der Waals surface area contributed by atoms with Gasteiger partial charge in [0, 0.05) is 5.41 Å². The lowest BCUT2D eigenvalue weighted by Gasteiger charge is -2.39. The highest BCUT2D eigenvalue weighted by molar-refractivity contribution is 5.43. The first-order valence-electron chi connectivity index (χ1n) is 9.74. The van der Waals surface area contributed by atoms with Crippen LogP contribution in [0.1, 0.15) is 93.9 Å². The predicted octanol–water partition coefficient (Wildman–Crippen LogP) is 7.18. The maximum absolute atomic E-state index is 2.48. The zero-order valence-electron chi connectivity index (χ0n) is 15.8. The molecule has 1 fully saturated rings. The molecule has 0 aromatic heterocycles. The lowest BCUT2D eigenvalue weighted by Crippen LogP contribution is -2.30. The van der Waals surface area contributed by atoms with Crippen LogP contribution in [0.3, 0.4) is 0 Å². The van der Waals surface area contributed by atoms with Crippen LogP contribution >= 0.6 is 0 Å². The highest BCUT2D eigenvalue weighted by Crippen LogP contribution is 2.45. The van der Waals surface area contributed by atoms with E-state index in [4.69, 9.17) is 0 Å². The van der Waals surface area contributed by atoms with Crippen LogP contribution < -0.4 is 0 Å². The van der Waals surface area contributed by atoms with Gasteiger partial charge in [0.2, 0.25) is 0 Å². The van der Waals surface area contributed by atoms with Gasteiger partial charge in [-0.2, -0.15) is 0 Å². The summed E-state index contributed by atoms with van der Waals surface area (Å²) >= 11 is 0. The molecule has 0 bridgehead atoms. The minimum absolute atomic E-state index is 0.216. The maximum Gasteiger partial charge on any atom is 0.0203 e. The van der Waals surface area contributed by atoms with Crippen molar-refractivity contribution in [3.8, 4) is 0 Å². The van der Waals surface area contributed by atoms with Crippen molar-refractivity contribution in [1.29, 1.82) is 0 Å². The normalized spacial score (nSPS) is 17.4. The molecular formula is C24H32. The second-order valence-corrected chi connectivity index (χ2v) is 8.20. The first kappa shape index (κ1) is 17.3. The Balaban J connectivity index is 2.11. The fourth-order valence-corrected chi connectivity index (χ4v) is 4.29. The van der Waals surface area contributed by atoms with E-state index in [-0.39, 0.29) is 5.41 Å². The molecule has 0 nitrogen and oxygen atoms in total. The van der Waals surface area contributed by atoms with E-state index in [9.17, 15) is 0 Å². The molecule has 0 heteroatoms. The summed E-state index contributed by atoms with van der Waals surface area (Å²) in [5.41, 5.74) is 6.23. The Bertz CT molecular complexity index is 618. The molecule has 0 heterocycles. The third kappa shape index (κ3) is 3.29. The molecule has 0 unspecified atom stereocenters. The fraction of sp³-hybridized carbons (Fsp3) is 0.500. The van der Waals surface area contributed by atoms with E-state index in [1.807, 2.05) is 0 Å². The van der Waals surface area contributed by atoms with E-state index in [2.05, 4.69) is 76.2 Å². The molecule has 1 saturated carbocycles. The molecule has 3 rings (SSSR count). The van der Waals surface area contributed by atoms with Gasteiger partial charge >= 0.3 is 0 Å². The summed E-state index contributed by atoms with van der Waals surface area (Å²) in [6.45, 7) is 9.19. The SMILES string of the molecule is CC(C)c1cccc(C2(c3cccc(C(C)C)c3)CCCCC2)c1. The van der Waals surface area contributed by atoms with Crippen molar-refractivity contribution in [2.45, 2.75) is 77.0 Å². The van der Waals surface area contributed by atoms with Crippen LogP contribution in [0.4, 0.5) is 0 Å². The molecule has 0 N–H and O–H groups in total. The molecule has 0 saturated heterocycles. The molecule has 128 valence electrons. The molecule has 0 aliphatic heterocycles. The number of rotatable bonds is 4. The van der Waals surface area contributed by atoms with Gasteiger partial charge in [0.25, 0.3) is 0 Å². The van der Waals surface area contributed by atoms with Crippen LogP contribution in [0.2, 0.25) is 0 Å². The molecule has 2 aromatic carbocycles. The maximum atomic E-state index is 2.48. The minimum Gasteiger partial charge on any atom is -0.0617 e. The summed E-state index contributed by atoms with van der Waals surface area (Å²) in [7, 11) is 0. The van der Waals surface area contributed by atoms with Crippen molar-refractivity contribution in [2.75, 3.05) is 0 Å². The van der Waals surface area contributed by atoms with Crippen molar-refractivity contribution in [3.05, 3.63) is 70.8 Å². The van der Waals surface area contributed by atoms with Gasteiger partial charge in [0.05, 0.1) is 0 Å². The largest absolute Gasteiger partial charge is 0.0617 e. The summed E-state index contributed by atoms with van der Waals surface area (Å²) in [4.78, 5) is 0. The first-order chi connectivity index (χ1) is 11.5. The van der Waals surface area contributed by atoms with E-state index in [0.29, 0.717) is 11.8 Å². The van der Waals surface area contributed by atoms with Gasteiger partial charge in [0.15, 0.2) is 0 Å². The van der Waals surface area contributed by atoms with Gasteiger partial charge in [-0.25, -0.2) is 0 Å². The Morgan fingerprint density at radius 2 is 1.12 bits per heavy atom. The van der Waals surface area contributed by atoms with E-state index in [0.717, 1.165) is 0 Å². The van der Waals surface area contributed by atoms with E-state index in [1.165, 1.54) is 54.4 Å². The van der Waals surface area contributed by atoms with E-state index >= 15 is 0 Å². The Morgan fingerprint density at radius 3 is 1.54 bits per heavy atom. The van der Waals surface area contributed by atoms with Gasteiger partial charge in [-0.3, -0.25) is 0 Å². The highest BCUT2D eigenvalue weighted by atomic mass is 14.4. The Hall–Kier alpha value is -1.56. The Morgan fingerprint density at radius 1 is 0.667 bits per heavy atom.